The summed E-state index contributed by atoms with van der Waals surface area (Å²) in [5.74, 6) is -0.0255. The van der Waals surface area contributed by atoms with E-state index in [0.29, 0.717) is 17.4 Å². The smallest absolute Gasteiger partial charge is 0.274 e. The molecule has 0 bridgehead atoms. The lowest BCUT2D eigenvalue weighted by Crippen LogP contribution is -2.41. The maximum atomic E-state index is 12.5. The van der Waals surface area contributed by atoms with Gasteiger partial charge >= 0.3 is 0 Å². The fourth-order valence-corrected chi connectivity index (χ4v) is 2.69. The van der Waals surface area contributed by atoms with Gasteiger partial charge in [0.15, 0.2) is 5.69 Å². The molecule has 1 aliphatic rings. The zero-order chi connectivity index (χ0) is 13.0. The quantitative estimate of drug-likeness (QED) is 0.892. The second-order valence-electron chi connectivity index (χ2n) is 4.82. The van der Waals surface area contributed by atoms with Gasteiger partial charge in [-0.2, -0.15) is 0 Å². The van der Waals surface area contributed by atoms with Gasteiger partial charge in [0, 0.05) is 18.8 Å². The highest BCUT2D eigenvalue weighted by molar-refractivity contribution is 5.97. The predicted molar refractivity (Wildman–Crippen MR) is 72.2 cm³/mol. The molecule has 4 heteroatoms. The van der Waals surface area contributed by atoms with Gasteiger partial charge in [-0.3, -0.25) is 4.79 Å². The van der Waals surface area contributed by atoms with E-state index in [1.54, 1.807) is 18.3 Å². The zero-order valence-electron chi connectivity index (χ0n) is 10.9. The lowest BCUT2D eigenvalue weighted by atomic mass is 9.94. The molecular formula is C14H21N3O. The minimum absolute atomic E-state index is 0.0255. The number of aromatic nitrogens is 1. The van der Waals surface area contributed by atoms with Crippen molar-refractivity contribution in [3.8, 4) is 0 Å². The van der Waals surface area contributed by atoms with Gasteiger partial charge < -0.3 is 10.6 Å². The van der Waals surface area contributed by atoms with Crippen molar-refractivity contribution < 1.29 is 4.79 Å². The number of nitrogen functional groups attached to an aromatic ring is 1. The van der Waals surface area contributed by atoms with Gasteiger partial charge in [-0.25, -0.2) is 4.98 Å². The molecule has 0 unspecified atom stereocenters. The number of pyridine rings is 1. The molecule has 98 valence electrons. The summed E-state index contributed by atoms with van der Waals surface area (Å²) in [7, 11) is 0. The summed E-state index contributed by atoms with van der Waals surface area (Å²) >= 11 is 0. The number of carbonyl (C=O) groups is 1. The molecule has 0 radical (unpaired) electrons. The highest BCUT2D eigenvalue weighted by atomic mass is 16.2. The highest BCUT2D eigenvalue weighted by Gasteiger charge is 2.26. The second kappa shape index (κ2) is 5.85. The van der Waals surface area contributed by atoms with Crippen LogP contribution < -0.4 is 5.73 Å². The Morgan fingerprint density at radius 2 is 2.17 bits per heavy atom. The van der Waals surface area contributed by atoms with E-state index in [9.17, 15) is 4.79 Å². The zero-order valence-corrected chi connectivity index (χ0v) is 10.9. The van der Waals surface area contributed by atoms with Gasteiger partial charge in [0.05, 0.1) is 5.69 Å². The van der Waals surface area contributed by atoms with Crippen LogP contribution in [0.4, 0.5) is 5.69 Å². The molecule has 2 N–H and O–H groups in total. The van der Waals surface area contributed by atoms with Gasteiger partial charge in [0.2, 0.25) is 0 Å². The minimum Gasteiger partial charge on any atom is -0.397 e. The third kappa shape index (κ3) is 2.63. The van der Waals surface area contributed by atoms with Gasteiger partial charge in [0.25, 0.3) is 5.91 Å². The van der Waals surface area contributed by atoms with Crippen molar-refractivity contribution >= 4 is 11.6 Å². The van der Waals surface area contributed by atoms with Crippen molar-refractivity contribution in [2.75, 3.05) is 12.3 Å². The molecule has 1 amide bonds. The van der Waals surface area contributed by atoms with Crippen LogP contribution in [0.1, 0.15) is 49.5 Å². The fourth-order valence-electron chi connectivity index (χ4n) is 2.69. The Morgan fingerprint density at radius 3 is 2.78 bits per heavy atom. The molecule has 0 aliphatic heterocycles. The standard InChI is InChI=1S/C14H21N3O/c1-2-17(11-7-4-3-5-8-11)14(18)13-12(15)9-6-10-16-13/h6,9-11H,2-5,7-8,15H2,1H3. The van der Waals surface area contributed by atoms with Crippen LogP contribution in [0.15, 0.2) is 18.3 Å². The van der Waals surface area contributed by atoms with Crippen molar-refractivity contribution in [1.82, 2.24) is 9.88 Å². The normalized spacial score (nSPS) is 16.5. The predicted octanol–water partition coefficient (Wildman–Crippen LogP) is 2.46. The molecule has 0 saturated heterocycles. The van der Waals surface area contributed by atoms with E-state index in [1.807, 2.05) is 11.8 Å². The SMILES string of the molecule is CCN(C(=O)c1ncccc1N)C1CCCCC1. The summed E-state index contributed by atoms with van der Waals surface area (Å²) in [6, 6.07) is 3.84. The maximum Gasteiger partial charge on any atom is 0.274 e. The Balaban J connectivity index is 2.17. The Bertz CT molecular complexity index is 413. The maximum absolute atomic E-state index is 12.5. The molecule has 1 aliphatic carbocycles. The first-order valence-electron chi connectivity index (χ1n) is 6.75. The molecule has 1 saturated carbocycles. The van der Waals surface area contributed by atoms with E-state index in [0.717, 1.165) is 19.4 Å². The minimum atomic E-state index is -0.0255. The van der Waals surface area contributed by atoms with Crippen molar-refractivity contribution in [1.29, 1.82) is 0 Å². The summed E-state index contributed by atoms with van der Waals surface area (Å²) in [5.41, 5.74) is 6.70. The van der Waals surface area contributed by atoms with Crippen LogP contribution in [0.2, 0.25) is 0 Å². The number of nitrogens with two attached hydrogens (primary N) is 1. The largest absolute Gasteiger partial charge is 0.397 e. The lowest BCUT2D eigenvalue weighted by Gasteiger charge is -2.33. The Labute approximate surface area is 108 Å². The van der Waals surface area contributed by atoms with Gasteiger partial charge in [-0.05, 0) is 31.9 Å². The number of rotatable bonds is 3. The van der Waals surface area contributed by atoms with Gasteiger partial charge in [-0.1, -0.05) is 19.3 Å². The fraction of sp³-hybridized carbons (Fsp3) is 0.571. The third-order valence-corrected chi connectivity index (χ3v) is 3.66. The summed E-state index contributed by atoms with van der Waals surface area (Å²) in [6.07, 6.45) is 7.54. The van der Waals surface area contributed by atoms with E-state index in [2.05, 4.69) is 4.98 Å². The number of anilines is 1. The first kappa shape index (κ1) is 12.9. The summed E-state index contributed by atoms with van der Waals surface area (Å²) in [4.78, 5) is 18.5. The van der Waals surface area contributed by atoms with Crippen LogP contribution >= 0.6 is 0 Å². The Hall–Kier alpha value is -1.58. The van der Waals surface area contributed by atoms with E-state index in [-0.39, 0.29) is 5.91 Å². The van der Waals surface area contributed by atoms with Crippen LogP contribution in [0.3, 0.4) is 0 Å². The number of amides is 1. The van der Waals surface area contributed by atoms with E-state index < -0.39 is 0 Å². The molecular weight excluding hydrogens is 226 g/mol. The number of hydrogen-bond donors (Lipinski definition) is 1. The molecule has 1 aromatic heterocycles. The number of nitrogens with zero attached hydrogens (tertiary/aromatic N) is 2. The summed E-state index contributed by atoms with van der Waals surface area (Å²) in [6.45, 7) is 2.74. The lowest BCUT2D eigenvalue weighted by molar-refractivity contribution is 0.0643. The molecule has 0 spiro atoms. The molecule has 18 heavy (non-hydrogen) atoms. The van der Waals surface area contributed by atoms with E-state index in [1.165, 1.54) is 19.3 Å². The topological polar surface area (TPSA) is 59.2 Å². The molecule has 2 rings (SSSR count). The van der Waals surface area contributed by atoms with Crippen molar-refractivity contribution in [3.05, 3.63) is 24.0 Å². The van der Waals surface area contributed by atoms with Crippen LogP contribution in [0.5, 0.6) is 0 Å². The average Bonchev–Trinajstić information content (AvgIpc) is 2.41. The van der Waals surface area contributed by atoms with Crippen LogP contribution in [-0.4, -0.2) is 28.4 Å². The number of carbonyl (C=O) groups excluding carboxylic acids is 1. The van der Waals surface area contributed by atoms with E-state index in [4.69, 9.17) is 5.73 Å². The van der Waals surface area contributed by atoms with Crippen molar-refractivity contribution in [2.45, 2.75) is 45.1 Å². The molecule has 4 nitrogen and oxygen atoms in total. The monoisotopic (exact) mass is 247 g/mol. The van der Waals surface area contributed by atoms with Gasteiger partial charge in [0.1, 0.15) is 0 Å². The van der Waals surface area contributed by atoms with Crippen LogP contribution in [-0.2, 0) is 0 Å². The average molecular weight is 247 g/mol. The molecule has 0 atom stereocenters. The first-order chi connectivity index (χ1) is 8.74. The first-order valence-corrected chi connectivity index (χ1v) is 6.75. The van der Waals surface area contributed by atoms with Crippen molar-refractivity contribution in [3.63, 3.8) is 0 Å². The molecule has 0 aromatic carbocycles. The molecule has 1 heterocycles. The van der Waals surface area contributed by atoms with Crippen molar-refractivity contribution in [2.24, 2.45) is 0 Å². The highest BCUT2D eigenvalue weighted by Crippen LogP contribution is 2.24. The number of hydrogen-bond acceptors (Lipinski definition) is 3. The third-order valence-electron chi connectivity index (χ3n) is 3.66. The Morgan fingerprint density at radius 1 is 1.44 bits per heavy atom. The Kier molecular flexibility index (Phi) is 4.18. The molecule has 1 fully saturated rings. The van der Waals surface area contributed by atoms with Crippen LogP contribution in [0, 0.1) is 0 Å². The van der Waals surface area contributed by atoms with Gasteiger partial charge in [-0.15, -0.1) is 0 Å². The van der Waals surface area contributed by atoms with Crippen LogP contribution in [0.25, 0.3) is 0 Å². The summed E-state index contributed by atoms with van der Waals surface area (Å²) < 4.78 is 0. The summed E-state index contributed by atoms with van der Waals surface area (Å²) in [5, 5.41) is 0. The van der Waals surface area contributed by atoms with E-state index >= 15 is 0 Å². The molecule has 1 aromatic rings. The second-order valence-corrected chi connectivity index (χ2v) is 4.82.